The number of aryl methyl sites for hydroxylation is 1. The number of rotatable bonds is 6. The van der Waals surface area contributed by atoms with Gasteiger partial charge < -0.3 is 14.0 Å². The molecule has 1 aliphatic rings. The summed E-state index contributed by atoms with van der Waals surface area (Å²) >= 11 is 11.1. The molecular weight excluding hydrogens is 614 g/mol. The van der Waals surface area contributed by atoms with Gasteiger partial charge in [-0.1, -0.05) is 35.1 Å². The Morgan fingerprint density at radius 2 is 1.95 bits per heavy atom. The summed E-state index contributed by atoms with van der Waals surface area (Å²) in [6.45, 7) is 7.76. The van der Waals surface area contributed by atoms with E-state index in [2.05, 4.69) is 25.5 Å². The van der Waals surface area contributed by atoms with Gasteiger partial charge in [0.25, 0.3) is 5.56 Å². The van der Waals surface area contributed by atoms with Crippen molar-refractivity contribution in [1.29, 1.82) is 0 Å². The number of benzene rings is 2. The number of nitrogens with zero attached hydrogens (tertiary/aromatic N) is 3. The minimum atomic E-state index is -0.710. The van der Waals surface area contributed by atoms with Crippen molar-refractivity contribution in [3.63, 3.8) is 0 Å². The van der Waals surface area contributed by atoms with Gasteiger partial charge in [-0.2, -0.15) is 0 Å². The molecule has 1 atom stereocenters. The molecule has 0 saturated carbocycles. The van der Waals surface area contributed by atoms with E-state index in [9.17, 15) is 9.59 Å². The summed E-state index contributed by atoms with van der Waals surface area (Å²) in [6, 6.07) is 14.5. The maximum absolute atomic E-state index is 14.0. The molecule has 2 aromatic carbocycles. The molecule has 0 bridgehead atoms. The highest BCUT2D eigenvalue weighted by Crippen LogP contribution is 2.35. The van der Waals surface area contributed by atoms with E-state index in [4.69, 9.17) is 21.1 Å². The first-order valence-corrected chi connectivity index (χ1v) is 14.6. The van der Waals surface area contributed by atoms with Crippen LogP contribution in [0.2, 0.25) is 5.02 Å². The van der Waals surface area contributed by atoms with Gasteiger partial charge >= 0.3 is 5.97 Å². The molecule has 40 heavy (non-hydrogen) atoms. The molecule has 3 heterocycles. The molecule has 5 rings (SSSR count). The number of hydrogen-bond acceptors (Lipinski definition) is 6. The zero-order valence-electron chi connectivity index (χ0n) is 22.6. The van der Waals surface area contributed by atoms with Crippen LogP contribution in [0, 0.1) is 13.8 Å². The summed E-state index contributed by atoms with van der Waals surface area (Å²) in [5, 5.41) is 0.651. The van der Waals surface area contributed by atoms with Crippen molar-refractivity contribution in [3.05, 3.63) is 111 Å². The molecule has 1 aliphatic heterocycles. The molecule has 0 aliphatic carbocycles. The summed E-state index contributed by atoms with van der Waals surface area (Å²) < 4.78 is 15.7. The zero-order valence-corrected chi connectivity index (χ0v) is 25.8. The number of fused-ring (bicyclic) bond motifs is 1. The van der Waals surface area contributed by atoms with Crippen molar-refractivity contribution >= 4 is 50.9 Å². The van der Waals surface area contributed by atoms with Gasteiger partial charge in [0.15, 0.2) is 4.80 Å². The van der Waals surface area contributed by atoms with Gasteiger partial charge in [-0.05, 0) is 97.2 Å². The number of esters is 1. The van der Waals surface area contributed by atoms with Crippen LogP contribution in [-0.2, 0) is 9.53 Å². The van der Waals surface area contributed by atoms with Gasteiger partial charge in [-0.3, -0.25) is 9.36 Å². The molecule has 0 N–H and O–H groups in total. The van der Waals surface area contributed by atoms with Crippen LogP contribution in [0.5, 0.6) is 5.75 Å². The maximum Gasteiger partial charge on any atom is 0.338 e. The molecule has 0 amide bonds. The first-order chi connectivity index (χ1) is 19.1. The lowest BCUT2D eigenvalue weighted by atomic mass is 9.96. The lowest BCUT2D eigenvalue weighted by Gasteiger charge is -2.25. The van der Waals surface area contributed by atoms with Crippen LogP contribution in [0.1, 0.15) is 42.4 Å². The van der Waals surface area contributed by atoms with Crippen molar-refractivity contribution in [2.45, 2.75) is 33.7 Å². The molecule has 7 nitrogen and oxygen atoms in total. The third-order valence-corrected chi connectivity index (χ3v) is 8.67. The highest BCUT2D eigenvalue weighted by molar-refractivity contribution is 9.10. The van der Waals surface area contributed by atoms with E-state index in [1.807, 2.05) is 62.4 Å². The number of thiazole rings is 1. The molecule has 2 aromatic heterocycles. The SMILES string of the molecule is CCOC(=O)C1=C(C)N=c2s/c(=C/c3cc(C)n(-c4cccc(Cl)c4)c3C)c(=O)n2[C@@H]1c1ccc(OC)c(Br)c1. The Bertz CT molecular complexity index is 1870. The highest BCUT2D eigenvalue weighted by atomic mass is 79.9. The normalized spacial score (nSPS) is 15.2. The van der Waals surface area contributed by atoms with Crippen molar-refractivity contribution in [2.75, 3.05) is 13.7 Å². The van der Waals surface area contributed by atoms with E-state index in [-0.39, 0.29) is 12.2 Å². The summed E-state index contributed by atoms with van der Waals surface area (Å²) in [5.41, 5.74) is 5.19. The van der Waals surface area contributed by atoms with Crippen LogP contribution < -0.4 is 19.6 Å². The number of aromatic nitrogens is 2. The fourth-order valence-electron chi connectivity index (χ4n) is 5.05. The van der Waals surface area contributed by atoms with E-state index >= 15 is 0 Å². The Balaban J connectivity index is 1.70. The lowest BCUT2D eigenvalue weighted by molar-refractivity contribution is -0.139. The molecule has 206 valence electrons. The van der Waals surface area contributed by atoms with Crippen LogP contribution in [0.15, 0.2) is 74.1 Å². The number of halogens is 2. The zero-order chi connectivity index (χ0) is 28.7. The second kappa shape index (κ2) is 11.2. The second-order valence-corrected chi connectivity index (χ2v) is 11.6. The largest absolute Gasteiger partial charge is 0.496 e. The van der Waals surface area contributed by atoms with E-state index < -0.39 is 12.0 Å². The molecular formula is C30H27BrClN3O4S. The minimum absolute atomic E-state index is 0.210. The monoisotopic (exact) mass is 639 g/mol. The molecule has 0 saturated heterocycles. The van der Waals surface area contributed by atoms with Gasteiger partial charge in [0.2, 0.25) is 0 Å². The predicted octanol–water partition coefficient (Wildman–Crippen LogP) is 5.63. The van der Waals surface area contributed by atoms with Crippen molar-refractivity contribution in [1.82, 2.24) is 9.13 Å². The van der Waals surface area contributed by atoms with Crippen molar-refractivity contribution in [2.24, 2.45) is 4.99 Å². The molecule has 10 heteroatoms. The van der Waals surface area contributed by atoms with E-state index in [1.165, 1.54) is 11.3 Å². The van der Waals surface area contributed by atoms with E-state index in [0.29, 0.717) is 35.8 Å². The molecule has 0 spiro atoms. The Hall–Kier alpha value is -3.40. The van der Waals surface area contributed by atoms with Crippen LogP contribution in [-0.4, -0.2) is 28.8 Å². The predicted molar refractivity (Wildman–Crippen MR) is 161 cm³/mol. The quantitative estimate of drug-likeness (QED) is 0.256. The average Bonchev–Trinajstić information content (AvgIpc) is 3.37. The third-order valence-electron chi connectivity index (χ3n) is 6.83. The molecule has 0 radical (unpaired) electrons. The summed E-state index contributed by atoms with van der Waals surface area (Å²) in [7, 11) is 1.58. The van der Waals surface area contributed by atoms with Gasteiger partial charge in [-0.25, -0.2) is 9.79 Å². The molecule has 0 unspecified atom stereocenters. The van der Waals surface area contributed by atoms with Crippen LogP contribution >= 0.6 is 38.9 Å². The number of carbonyl (C=O) groups excluding carboxylic acids is 1. The standard InChI is InChI=1S/C30H27BrClN3O4S/c1-6-39-29(37)26-17(3)33-30-35(27(26)19-10-11-24(38-5)23(31)13-19)28(36)25(40-30)14-20-12-16(2)34(18(20)4)22-9-7-8-21(32)15-22/h7-15,27H,6H2,1-5H3/b25-14+/t27-/m1/s1. The first-order valence-electron chi connectivity index (χ1n) is 12.6. The van der Waals surface area contributed by atoms with Crippen molar-refractivity contribution < 1.29 is 14.3 Å². The number of carbonyl (C=O) groups is 1. The Morgan fingerprint density at radius 1 is 1.18 bits per heavy atom. The lowest BCUT2D eigenvalue weighted by Crippen LogP contribution is -2.40. The first kappa shape index (κ1) is 28.1. The Kier molecular flexibility index (Phi) is 7.90. The Labute approximate surface area is 248 Å². The second-order valence-electron chi connectivity index (χ2n) is 9.34. The van der Waals surface area contributed by atoms with E-state index in [0.717, 1.165) is 28.2 Å². The Morgan fingerprint density at radius 3 is 2.62 bits per heavy atom. The fourth-order valence-corrected chi connectivity index (χ4v) is 6.83. The van der Waals surface area contributed by atoms with Gasteiger partial charge in [0.1, 0.15) is 5.75 Å². The molecule has 4 aromatic rings. The number of hydrogen-bond donors (Lipinski definition) is 0. The van der Waals surface area contributed by atoms with E-state index in [1.54, 1.807) is 31.6 Å². The van der Waals surface area contributed by atoms with Crippen LogP contribution in [0.3, 0.4) is 0 Å². The third kappa shape index (κ3) is 4.98. The summed E-state index contributed by atoms with van der Waals surface area (Å²) in [5.74, 6) is 0.143. The van der Waals surface area contributed by atoms with Gasteiger partial charge in [0.05, 0.1) is 40.0 Å². The topological polar surface area (TPSA) is 74.8 Å². The van der Waals surface area contributed by atoms with Gasteiger partial charge in [0, 0.05) is 22.1 Å². The summed E-state index contributed by atoms with van der Waals surface area (Å²) in [4.78, 5) is 32.3. The van der Waals surface area contributed by atoms with Crippen LogP contribution in [0.25, 0.3) is 11.8 Å². The number of methoxy groups -OCH3 is 1. The number of allylic oxidation sites excluding steroid dienone is 1. The average molecular weight is 641 g/mol. The van der Waals surface area contributed by atoms with Gasteiger partial charge in [-0.15, -0.1) is 0 Å². The minimum Gasteiger partial charge on any atom is -0.496 e. The smallest absolute Gasteiger partial charge is 0.338 e. The highest BCUT2D eigenvalue weighted by Gasteiger charge is 2.33. The number of ether oxygens (including phenoxy) is 2. The van der Waals surface area contributed by atoms with Crippen molar-refractivity contribution in [3.8, 4) is 11.4 Å². The molecule has 0 fully saturated rings. The fraction of sp³-hybridized carbons (Fsp3) is 0.233. The van der Waals surface area contributed by atoms with Crippen LogP contribution in [0.4, 0.5) is 0 Å². The summed E-state index contributed by atoms with van der Waals surface area (Å²) in [6.07, 6.45) is 1.89. The maximum atomic E-state index is 14.0.